The van der Waals surface area contributed by atoms with E-state index in [-0.39, 0.29) is 24.2 Å². The van der Waals surface area contributed by atoms with E-state index in [1.165, 1.54) is 0 Å². The SMILES string of the molecule is CC.CC(C)CC(NC(=O)C1CCCCC1)C(=O)C(=O)NNC=O. The fraction of sp³-hybridized carbons (Fsp3) is 0.765. The second-order valence-corrected chi connectivity index (χ2v) is 6.11. The fourth-order valence-corrected chi connectivity index (χ4v) is 2.67. The molecule has 0 aliphatic heterocycles. The molecule has 0 aromatic carbocycles. The maximum absolute atomic E-state index is 12.3. The number of rotatable bonds is 8. The summed E-state index contributed by atoms with van der Waals surface area (Å²) >= 11 is 0. The fourth-order valence-electron chi connectivity index (χ4n) is 2.67. The van der Waals surface area contributed by atoms with Gasteiger partial charge in [-0.2, -0.15) is 0 Å². The van der Waals surface area contributed by atoms with Crippen molar-refractivity contribution in [2.75, 3.05) is 0 Å². The number of hydrazine groups is 1. The van der Waals surface area contributed by atoms with Gasteiger partial charge < -0.3 is 5.32 Å². The highest BCUT2D eigenvalue weighted by Crippen LogP contribution is 2.24. The van der Waals surface area contributed by atoms with Crippen LogP contribution in [0.15, 0.2) is 0 Å². The predicted molar refractivity (Wildman–Crippen MR) is 91.7 cm³/mol. The molecular weight excluding hydrogens is 310 g/mol. The summed E-state index contributed by atoms with van der Waals surface area (Å²) < 4.78 is 0. The van der Waals surface area contributed by atoms with Gasteiger partial charge in [-0.25, -0.2) is 0 Å². The lowest BCUT2D eigenvalue weighted by Gasteiger charge is -2.25. The molecule has 1 rings (SSSR count). The highest BCUT2D eigenvalue weighted by Gasteiger charge is 2.30. The Hall–Kier alpha value is -1.92. The molecule has 3 amide bonds. The van der Waals surface area contributed by atoms with Crippen LogP contribution in [0.4, 0.5) is 0 Å². The minimum atomic E-state index is -0.929. The van der Waals surface area contributed by atoms with Crippen molar-refractivity contribution in [3.63, 3.8) is 0 Å². The number of amides is 3. The largest absolute Gasteiger partial charge is 0.345 e. The second kappa shape index (κ2) is 12.5. The summed E-state index contributed by atoms with van der Waals surface area (Å²) in [7, 11) is 0. The number of Topliss-reactive ketones (excluding diaryl/α,β-unsaturated/α-hetero) is 1. The molecule has 0 saturated heterocycles. The van der Waals surface area contributed by atoms with E-state index in [9.17, 15) is 19.2 Å². The van der Waals surface area contributed by atoms with Crippen LogP contribution in [0.2, 0.25) is 0 Å². The molecule has 1 atom stereocenters. The third-order valence-corrected chi connectivity index (χ3v) is 3.78. The van der Waals surface area contributed by atoms with Crippen LogP contribution in [0.3, 0.4) is 0 Å². The Labute approximate surface area is 144 Å². The monoisotopic (exact) mass is 341 g/mol. The van der Waals surface area contributed by atoms with Crippen molar-refractivity contribution in [1.82, 2.24) is 16.2 Å². The topological polar surface area (TPSA) is 104 Å². The van der Waals surface area contributed by atoms with E-state index < -0.39 is 17.7 Å². The van der Waals surface area contributed by atoms with E-state index in [4.69, 9.17) is 0 Å². The van der Waals surface area contributed by atoms with E-state index in [0.717, 1.165) is 32.1 Å². The molecule has 1 fully saturated rings. The molecule has 0 heterocycles. The normalized spacial score (nSPS) is 15.5. The average Bonchev–Trinajstić information content (AvgIpc) is 2.60. The number of nitrogens with one attached hydrogen (secondary N) is 3. The lowest BCUT2D eigenvalue weighted by atomic mass is 9.88. The van der Waals surface area contributed by atoms with Crippen LogP contribution < -0.4 is 16.2 Å². The van der Waals surface area contributed by atoms with E-state index in [1.54, 1.807) is 0 Å². The quantitative estimate of drug-likeness (QED) is 0.353. The lowest BCUT2D eigenvalue weighted by Crippen LogP contribution is -2.52. The van der Waals surface area contributed by atoms with Gasteiger partial charge in [0.05, 0.1) is 6.04 Å². The Morgan fingerprint density at radius 3 is 2.17 bits per heavy atom. The van der Waals surface area contributed by atoms with Crippen LogP contribution in [-0.4, -0.2) is 30.0 Å². The molecule has 24 heavy (non-hydrogen) atoms. The van der Waals surface area contributed by atoms with Gasteiger partial charge in [-0.15, -0.1) is 0 Å². The summed E-state index contributed by atoms with van der Waals surface area (Å²) in [6, 6.07) is -0.858. The first kappa shape index (κ1) is 22.1. The third-order valence-electron chi connectivity index (χ3n) is 3.78. The van der Waals surface area contributed by atoms with Gasteiger partial charge in [-0.05, 0) is 25.2 Å². The molecule has 0 bridgehead atoms. The second-order valence-electron chi connectivity index (χ2n) is 6.11. The van der Waals surface area contributed by atoms with E-state index in [1.807, 2.05) is 38.5 Å². The van der Waals surface area contributed by atoms with Gasteiger partial charge >= 0.3 is 5.91 Å². The molecule has 0 aromatic rings. The molecule has 7 nitrogen and oxygen atoms in total. The number of hydrogen-bond donors (Lipinski definition) is 3. The smallest absolute Gasteiger partial charge is 0.307 e. The average molecular weight is 341 g/mol. The molecule has 1 aliphatic rings. The van der Waals surface area contributed by atoms with Crippen LogP contribution in [0, 0.1) is 11.8 Å². The van der Waals surface area contributed by atoms with Crippen molar-refractivity contribution < 1.29 is 19.2 Å². The first-order chi connectivity index (χ1) is 11.5. The highest BCUT2D eigenvalue weighted by molar-refractivity contribution is 6.38. The number of carbonyl (C=O) groups excluding carboxylic acids is 4. The third kappa shape index (κ3) is 8.08. The molecule has 0 aromatic heterocycles. The number of hydrogen-bond acceptors (Lipinski definition) is 4. The first-order valence-electron chi connectivity index (χ1n) is 8.79. The minimum Gasteiger partial charge on any atom is -0.345 e. The van der Waals surface area contributed by atoms with Gasteiger partial charge in [0.1, 0.15) is 0 Å². The summed E-state index contributed by atoms with van der Waals surface area (Å²) in [5.41, 5.74) is 3.92. The molecule has 1 aliphatic carbocycles. The zero-order chi connectivity index (χ0) is 18.5. The van der Waals surface area contributed by atoms with E-state index >= 15 is 0 Å². The van der Waals surface area contributed by atoms with Crippen LogP contribution in [0.25, 0.3) is 0 Å². The Balaban J connectivity index is 0.00000254. The van der Waals surface area contributed by atoms with Crippen LogP contribution in [0.5, 0.6) is 0 Å². The van der Waals surface area contributed by atoms with Crippen LogP contribution in [0.1, 0.15) is 66.2 Å². The lowest BCUT2D eigenvalue weighted by molar-refractivity contribution is -0.141. The molecule has 1 unspecified atom stereocenters. The van der Waals surface area contributed by atoms with Gasteiger partial charge in [-0.1, -0.05) is 47.0 Å². The summed E-state index contributed by atoms with van der Waals surface area (Å²) in [5.74, 6) is -1.76. The number of ketones is 1. The van der Waals surface area contributed by atoms with Crippen molar-refractivity contribution in [2.45, 2.75) is 72.3 Å². The van der Waals surface area contributed by atoms with E-state index in [2.05, 4.69) is 5.32 Å². The summed E-state index contributed by atoms with van der Waals surface area (Å²) in [5, 5.41) is 2.71. The molecule has 0 radical (unpaired) electrons. The van der Waals surface area contributed by atoms with E-state index in [0.29, 0.717) is 6.42 Å². The maximum atomic E-state index is 12.3. The summed E-state index contributed by atoms with van der Waals surface area (Å²) in [6.45, 7) is 7.82. The molecule has 1 saturated carbocycles. The van der Waals surface area contributed by atoms with Crippen molar-refractivity contribution in [1.29, 1.82) is 0 Å². The van der Waals surface area contributed by atoms with Gasteiger partial charge in [0.2, 0.25) is 18.1 Å². The molecule has 7 heteroatoms. The summed E-state index contributed by atoms with van der Waals surface area (Å²) in [4.78, 5) is 46.2. The molecule has 138 valence electrons. The van der Waals surface area contributed by atoms with Gasteiger partial charge in [0, 0.05) is 5.92 Å². The Morgan fingerprint density at radius 2 is 1.67 bits per heavy atom. The van der Waals surface area contributed by atoms with Crippen molar-refractivity contribution in [2.24, 2.45) is 11.8 Å². The van der Waals surface area contributed by atoms with Gasteiger partial charge in [-0.3, -0.25) is 30.0 Å². The zero-order valence-electron chi connectivity index (χ0n) is 15.2. The van der Waals surface area contributed by atoms with Crippen LogP contribution >= 0.6 is 0 Å². The standard InChI is InChI=1S/C15H25N3O4.C2H6/c1-10(2)8-12(13(20)15(22)18-16-9-19)17-14(21)11-6-4-3-5-7-11;1-2/h9-12H,3-8H2,1-2H3,(H,16,19)(H,17,21)(H,18,22);1-2H3. The highest BCUT2D eigenvalue weighted by atomic mass is 16.2. The zero-order valence-corrected chi connectivity index (χ0v) is 15.2. The Bertz CT molecular complexity index is 418. The van der Waals surface area contributed by atoms with Gasteiger partial charge in [0.25, 0.3) is 0 Å². The van der Waals surface area contributed by atoms with Crippen molar-refractivity contribution in [3.05, 3.63) is 0 Å². The van der Waals surface area contributed by atoms with Crippen molar-refractivity contribution >= 4 is 24.0 Å². The Morgan fingerprint density at radius 1 is 1.08 bits per heavy atom. The predicted octanol–water partition coefficient (Wildman–Crippen LogP) is 1.47. The minimum absolute atomic E-state index is 0.0765. The van der Waals surface area contributed by atoms with Crippen molar-refractivity contribution in [3.8, 4) is 0 Å². The molecule has 3 N–H and O–H groups in total. The van der Waals surface area contributed by atoms with Crippen LogP contribution in [-0.2, 0) is 19.2 Å². The summed E-state index contributed by atoms with van der Waals surface area (Å²) in [6.07, 6.45) is 5.48. The Kier molecular flexibility index (Phi) is 11.5. The molecular formula is C17H31N3O4. The maximum Gasteiger partial charge on any atom is 0.307 e. The molecule has 0 spiro atoms. The first-order valence-corrected chi connectivity index (χ1v) is 8.79. The number of carbonyl (C=O) groups is 4. The van der Waals surface area contributed by atoms with Gasteiger partial charge in [0.15, 0.2) is 0 Å².